The van der Waals surface area contributed by atoms with Crippen molar-refractivity contribution in [2.75, 3.05) is 11.9 Å². The molecule has 174 valence electrons. The molecule has 8 heteroatoms. The van der Waals surface area contributed by atoms with E-state index in [-0.39, 0.29) is 24.2 Å². The van der Waals surface area contributed by atoms with Crippen molar-refractivity contribution in [3.63, 3.8) is 0 Å². The van der Waals surface area contributed by atoms with Gasteiger partial charge >= 0.3 is 6.18 Å². The number of nitrogens with one attached hydrogen (secondary N) is 1. The number of benzene rings is 1. The minimum Gasteiger partial charge on any atom is -0.491 e. The van der Waals surface area contributed by atoms with Gasteiger partial charge in [-0.15, -0.1) is 0 Å². The summed E-state index contributed by atoms with van der Waals surface area (Å²) >= 11 is 0. The zero-order valence-electron chi connectivity index (χ0n) is 18.6. The van der Waals surface area contributed by atoms with Crippen LogP contribution in [-0.2, 0) is 11.0 Å². The second-order valence-electron chi connectivity index (χ2n) is 9.30. The molecule has 1 aromatic carbocycles. The number of nitrogens with zero attached hydrogens (tertiary/aromatic N) is 1. The molecule has 1 amide bonds. The van der Waals surface area contributed by atoms with Crippen molar-refractivity contribution in [1.82, 2.24) is 4.98 Å². The molecule has 0 spiro atoms. The molecule has 0 saturated heterocycles. The third kappa shape index (κ3) is 6.22. The highest BCUT2D eigenvalue weighted by atomic mass is 19.4. The van der Waals surface area contributed by atoms with E-state index in [1.54, 1.807) is 25.1 Å². The highest BCUT2D eigenvalue weighted by Gasteiger charge is 2.35. The third-order valence-electron chi connectivity index (χ3n) is 5.54. The number of ether oxygens (including phenoxy) is 1. The van der Waals surface area contributed by atoms with Crippen LogP contribution in [0.4, 0.5) is 19.0 Å². The Labute approximate surface area is 186 Å². The van der Waals surface area contributed by atoms with E-state index in [1.165, 1.54) is 12.3 Å². The molecule has 0 radical (unpaired) electrons. The van der Waals surface area contributed by atoms with E-state index >= 15 is 0 Å². The molecule has 1 aliphatic rings. The smallest absolute Gasteiger partial charge is 0.419 e. The lowest BCUT2D eigenvalue weighted by Crippen LogP contribution is -2.43. The van der Waals surface area contributed by atoms with Crippen LogP contribution in [0.1, 0.15) is 52.0 Å². The number of hydrogen-bond acceptors (Lipinski definition) is 4. The van der Waals surface area contributed by atoms with E-state index in [1.807, 2.05) is 13.8 Å². The normalized spacial score (nSPS) is 16.4. The summed E-state index contributed by atoms with van der Waals surface area (Å²) in [6.45, 7) is 5.74. The van der Waals surface area contributed by atoms with Crippen LogP contribution in [0.2, 0.25) is 0 Å². The molecule has 5 nitrogen and oxygen atoms in total. The van der Waals surface area contributed by atoms with Gasteiger partial charge in [0, 0.05) is 17.7 Å². The average molecular weight is 450 g/mol. The lowest BCUT2D eigenvalue weighted by Gasteiger charge is -2.27. The van der Waals surface area contributed by atoms with Gasteiger partial charge in [-0.1, -0.05) is 26.3 Å². The largest absolute Gasteiger partial charge is 0.491 e. The molecule has 1 atom stereocenters. The van der Waals surface area contributed by atoms with Crippen molar-refractivity contribution in [2.24, 2.45) is 17.6 Å². The standard InChI is InChI=1S/C24H30F3N3O2/c1-15(2)13-23(3,28)14-32-20-8-7-17(11-19(20)24(25,26)27)18-9-10-29-21(12-18)30-22(31)16-5-4-6-16/h7-12,15-16H,4-6,13-14,28H2,1-3H3,(H,29,30,31). The van der Waals surface area contributed by atoms with Crippen LogP contribution in [0.3, 0.4) is 0 Å². The van der Waals surface area contributed by atoms with Crippen molar-refractivity contribution in [3.8, 4) is 16.9 Å². The summed E-state index contributed by atoms with van der Waals surface area (Å²) < 4.78 is 46.9. The molecule has 1 unspecified atom stereocenters. The molecule has 0 bridgehead atoms. The molecule has 0 aliphatic heterocycles. The Balaban J connectivity index is 1.82. The third-order valence-corrected chi connectivity index (χ3v) is 5.54. The van der Waals surface area contributed by atoms with Crippen LogP contribution >= 0.6 is 0 Å². The predicted octanol–water partition coefficient (Wildman–Crippen LogP) is 5.65. The Morgan fingerprint density at radius 2 is 1.91 bits per heavy atom. The van der Waals surface area contributed by atoms with E-state index in [9.17, 15) is 18.0 Å². The molecular weight excluding hydrogens is 419 g/mol. The first-order valence-electron chi connectivity index (χ1n) is 10.8. The first-order valence-corrected chi connectivity index (χ1v) is 10.8. The Hall–Kier alpha value is -2.61. The first-order chi connectivity index (χ1) is 14.9. The van der Waals surface area contributed by atoms with Gasteiger partial charge in [-0.05, 0) is 67.5 Å². The van der Waals surface area contributed by atoms with Gasteiger partial charge in [0.05, 0.1) is 5.56 Å². The van der Waals surface area contributed by atoms with E-state index in [0.717, 1.165) is 25.3 Å². The molecule has 3 rings (SSSR count). The molecule has 1 aromatic heterocycles. The number of hydrogen-bond donors (Lipinski definition) is 2. The van der Waals surface area contributed by atoms with Crippen LogP contribution in [0.25, 0.3) is 11.1 Å². The summed E-state index contributed by atoms with van der Waals surface area (Å²) in [5.41, 5.74) is 5.45. The maximum Gasteiger partial charge on any atom is 0.419 e. The highest BCUT2D eigenvalue weighted by molar-refractivity contribution is 5.92. The number of rotatable bonds is 8. The molecule has 1 heterocycles. The second kappa shape index (κ2) is 9.48. The summed E-state index contributed by atoms with van der Waals surface area (Å²) in [4.78, 5) is 16.3. The van der Waals surface area contributed by atoms with Crippen LogP contribution in [0.5, 0.6) is 5.75 Å². The molecule has 1 fully saturated rings. The minimum absolute atomic E-state index is 0.0161. The van der Waals surface area contributed by atoms with Gasteiger partial charge in [-0.3, -0.25) is 4.79 Å². The van der Waals surface area contributed by atoms with Gasteiger partial charge in [0.1, 0.15) is 18.2 Å². The first kappa shape index (κ1) is 24.0. The quantitative estimate of drug-likeness (QED) is 0.546. The SMILES string of the molecule is CC(C)CC(C)(N)COc1ccc(-c2ccnc(NC(=O)C3CCC3)c2)cc1C(F)(F)F. The second-order valence-corrected chi connectivity index (χ2v) is 9.30. The summed E-state index contributed by atoms with van der Waals surface area (Å²) in [5.74, 6) is 0.239. The molecule has 32 heavy (non-hydrogen) atoms. The predicted molar refractivity (Wildman–Crippen MR) is 118 cm³/mol. The van der Waals surface area contributed by atoms with E-state index < -0.39 is 17.3 Å². The van der Waals surface area contributed by atoms with Crippen molar-refractivity contribution >= 4 is 11.7 Å². The van der Waals surface area contributed by atoms with Crippen molar-refractivity contribution in [1.29, 1.82) is 0 Å². The Morgan fingerprint density at radius 1 is 1.22 bits per heavy atom. The molecule has 1 aliphatic carbocycles. The van der Waals surface area contributed by atoms with Crippen molar-refractivity contribution in [3.05, 3.63) is 42.1 Å². The lowest BCUT2D eigenvalue weighted by molar-refractivity contribution is -0.139. The fraction of sp³-hybridized carbons (Fsp3) is 0.500. The maximum absolute atomic E-state index is 13.8. The maximum atomic E-state index is 13.8. The number of anilines is 1. The van der Waals surface area contributed by atoms with Crippen molar-refractivity contribution < 1.29 is 22.7 Å². The summed E-state index contributed by atoms with van der Waals surface area (Å²) in [6.07, 6.45) is 0.222. The number of aromatic nitrogens is 1. The van der Waals surface area contributed by atoms with Gasteiger partial charge in [0.25, 0.3) is 0 Å². The van der Waals surface area contributed by atoms with Gasteiger partial charge in [0.15, 0.2) is 0 Å². The zero-order valence-corrected chi connectivity index (χ0v) is 18.6. The van der Waals surface area contributed by atoms with E-state index in [0.29, 0.717) is 29.3 Å². The number of pyridine rings is 1. The lowest BCUT2D eigenvalue weighted by atomic mass is 9.85. The van der Waals surface area contributed by atoms with E-state index in [4.69, 9.17) is 10.5 Å². The summed E-state index contributed by atoms with van der Waals surface area (Å²) in [7, 11) is 0. The number of carbonyl (C=O) groups excluding carboxylic acids is 1. The van der Waals surface area contributed by atoms with E-state index in [2.05, 4.69) is 10.3 Å². The van der Waals surface area contributed by atoms with Gasteiger partial charge in [-0.2, -0.15) is 13.2 Å². The molecular formula is C24H30F3N3O2. The van der Waals surface area contributed by atoms with Gasteiger partial charge in [-0.25, -0.2) is 4.98 Å². The number of alkyl halides is 3. The van der Waals surface area contributed by atoms with Gasteiger partial charge < -0.3 is 15.8 Å². The molecule has 2 aromatic rings. The monoisotopic (exact) mass is 449 g/mol. The summed E-state index contributed by atoms with van der Waals surface area (Å²) in [5, 5.41) is 2.75. The number of nitrogens with two attached hydrogens (primary N) is 1. The van der Waals surface area contributed by atoms with Crippen LogP contribution < -0.4 is 15.8 Å². The summed E-state index contributed by atoms with van der Waals surface area (Å²) in [6, 6.07) is 7.11. The molecule has 1 saturated carbocycles. The number of amides is 1. The van der Waals surface area contributed by atoms with Crippen LogP contribution in [0.15, 0.2) is 36.5 Å². The Morgan fingerprint density at radius 3 is 2.50 bits per heavy atom. The fourth-order valence-electron chi connectivity index (χ4n) is 3.87. The Bertz CT molecular complexity index is 954. The Kier molecular flexibility index (Phi) is 7.12. The highest BCUT2D eigenvalue weighted by Crippen LogP contribution is 2.39. The topological polar surface area (TPSA) is 77.2 Å². The van der Waals surface area contributed by atoms with Crippen molar-refractivity contribution in [2.45, 2.75) is 58.2 Å². The number of carbonyl (C=O) groups is 1. The minimum atomic E-state index is -4.59. The van der Waals surface area contributed by atoms with Crippen LogP contribution in [-0.4, -0.2) is 23.0 Å². The fourth-order valence-corrected chi connectivity index (χ4v) is 3.87. The average Bonchev–Trinajstić information content (AvgIpc) is 2.63. The molecule has 3 N–H and O–H groups in total. The van der Waals surface area contributed by atoms with Crippen LogP contribution in [0, 0.1) is 11.8 Å². The number of halogens is 3. The zero-order chi connectivity index (χ0) is 23.5. The van der Waals surface area contributed by atoms with Gasteiger partial charge in [0.2, 0.25) is 5.91 Å².